The summed E-state index contributed by atoms with van der Waals surface area (Å²) in [5.74, 6) is 0.427. The minimum Gasteiger partial charge on any atom is -0.349 e. The maximum Gasteiger partial charge on any atom is 0.236 e. The van der Waals surface area contributed by atoms with Gasteiger partial charge in [-0.3, -0.25) is 9.59 Å². The predicted octanol–water partition coefficient (Wildman–Crippen LogP) is 1.49. The molecule has 2 amide bonds. The number of likely N-dealkylation sites (tertiary alicyclic amines) is 1. The molecule has 5 heteroatoms. The first kappa shape index (κ1) is 14.5. The van der Waals surface area contributed by atoms with E-state index in [0.717, 1.165) is 19.3 Å². The Morgan fingerprint density at radius 1 is 1.35 bits per heavy atom. The lowest BCUT2D eigenvalue weighted by Crippen LogP contribution is -2.45. The number of halogens is 1. The highest BCUT2D eigenvalue weighted by Gasteiger charge is 2.29. The fraction of sp³-hybridized carbons (Fsp3) is 0.833. The van der Waals surface area contributed by atoms with Crippen molar-refractivity contribution in [3.63, 3.8) is 0 Å². The zero-order valence-electron chi connectivity index (χ0n) is 10.8. The van der Waals surface area contributed by atoms with Gasteiger partial charge in [0.05, 0.1) is 4.83 Å². The summed E-state index contributed by atoms with van der Waals surface area (Å²) in [6.07, 6.45) is 2.37. The average molecular weight is 305 g/mol. The van der Waals surface area contributed by atoms with Crippen molar-refractivity contribution >= 4 is 27.7 Å². The fourth-order valence-corrected chi connectivity index (χ4v) is 2.37. The SMILES string of the molecule is CCC(Br)C(=O)N1CCC(C(=O)N(C)C)CC1. The molecule has 0 radical (unpaired) electrons. The molecule has 1 rings (SSSR count). The maximum absolute atomic E-state index is 11.9. The highest BCUT2D eigenvalue weighted by atomic mass is 79.9. The third-order valence-electron chi connectivity index (χ3n) is 3.22. The van der Waals surface area contributed by atoms with Crippen molar-refractivity contribution in [1.29, 1.82) is 0 Å². The topological polar surface area (TPSA) is 40.6 Å². The Morgan fingerprint density at radius 2 is 1.88 bits per heavy atom. The Bertz CT molecular complexity index is 286. The summed E-state index contributed by atoms with van der Waals surface area (Å²) >= 11 is 3.38. The van der Waals surface area contributed by atoms with Crippen molar-refractivity contribution < 1.29 is 9.59 Å². The van der Waals surface area contributed by atoms with Gasteiger partial charge < -0.3 is 9.80 Å². The largest absolute Gasteiger partial charge is 0.349 e. The van der Waals surface area contributed by atoms with Crippen molar-refractivity contribution in [1.82, 2.24) is 9.80 Å². The molecule has 0 spiro atoms. The van der Waals surface area contributed by atoms with Crippen LogP contribution in [0.2, 0.25) is 0 Å². The zero-order chi connectivity index (χ0) is 13.0. The monoisotopic (exact) mass is 304 g/mol. The number of carbonyl (C=O) groups is 2. The van der Waals surface area contributed by atoms with E-state index in [0.29, 0.717) is 13.1 Å². The van der Waals surface area contributed by atoms with Gasteiger partial charge in [-0.2, -0.15) is 0 Å². The van der Waals surface area contributed by atoms with Crippen LogP contribution in [0, 0.1) is 5.92 Å². The molecule has 1 heterocycles. The van der Waals surface area contributed by atoms with E-state index in [9.17, 15) is 9.59 Å². The van der Waals surface area contributed by atoms with Crippen molar-refractivity contribution in [3.05, 3.63) is 0 Å². The molecule has 17 heavy (non-hydrogen) atoms. The Kier molecular flexibility index (Phi) is 5.43. The van der Waals surface area contributed by atoms with Crippen molar-refractivity contribution in [2.75, 3.05) is 27.2 Å². The third kappa shape index (κ3) is 3.69. The Morgan fingerprint density at radius 3 is 2.29 bits per heavy atom. The number of nitrogens with zero attached hydrogens (tertiary/aromatic N) is 2. The average Bonchev–Trinajstić information content (AvgIpc) is 2.36. The van der Waals surface area contributed by atoms with Crippen LogP contribution >= 0.6 is 15.9 Å². The second-order valence-corrected chi connectivity index (χ2v) is 5.81. The normalized spacial score (nSPS) is 18.9. The quantitative estimate of drug-likeness (QED) is 0.741. The van der Waals surface area contributed by atoms with Gasteiger partial charge in [0, 0.05) is 33.1 Å². The molecule has 0 aromatic rings. The van der Waals surface area contributed by atoms with Gasteiger partial charge in [0.15, 0.2) is 0 Å². The lowest BCUT2D eigenvalue weighted by Gasteiger charge is -2.33. The zero-order valence-corrected chi connectivity index (χ0v) is 12.4. The molecule has 0 bridgehead atoms. The van der Waals surface area contributed by atoms with Crippen molar-refractivity contribution in [2.24, 2.45) is 5.92 Å². The van der Waals surface area contributed by atoms with Crippen LogP contribution in [0.15, 0.2) is 0 Å². The summed E-state index contributed by atoms with van der Waals surface area (Å²) in [6, 6.07) is 0. The van der Waals surface area contributed by atoms with E-state index in [4.69, 9.17) is 0 Å². The summed E-state index contributed by atoms with van der Waals surface area (Å²) in [5, 5.41) is 0. The number of hydrogen-bond donors (Lipinski definition) is 0. The van der Waals surface area contributed by atoms with E-state index in [1.54, 1.807) is 19.0 Å². The van der Waals surface area contributed by atoms with E-state index in [2.05, 4.69) is 15.9 Å². The molecule has 1 atom stereocenters. The molecule has 1 aliphatic heterocycles. The van der Waals surface area contributed by atoms with E-state index in [1.165, 1.54) is 0 Å². The second kappa shape index (κ2) is 6.38. The summed E-state index contributed by atoms with van der Waals surface area (Å²) in [6.45, 7) is 3.38. The van der Waals surface area contributed by atoms with E-state index in [-0.39, 0.29) is 22.6 Å². The Hall–Kier alpha value is -0.580. The highest BCUT2D eigenvalue weighted by Crippen LogP contribution is 2.21. The molecule has 1 fully saturated rings. The molecule has 1 unspecified atom stereocenters. The molecule has 0 aromatic carbocycles. The molecule has 98 valence electrons. The molecule has 1 aliphatic rings. The lowest BCUT2D eigenvalue weighted by atomic mass is 9.95. The Balaban J connectivity index is 2.46. The Labute approximate surface area is 111 Å². The van der Waals surface area contributed by atoms with E-state index in [1.807, 2.05) is 11.8 Å². The highest BCUT2D eigenvalue weighted by molar-refractivity contribution is 9.10. The van der Waals surface area contributed by atoms with Crippen LogP contribution in [0.1, 0.15) is 26.2 Å². The second-order valence-electron chi connectivity index (χ2n) is 4.71. The smallest absolute Gasteiger partial charge is 0.236 e. The molecule has 0 saturated carbocycles. The van der Waals surface area contributed by atoms with Gasteiger partial charge in [0.25, 0.3) is 0 Å². The summed E-state index contributed by atoms with van der Waals surface area (Å²) in [4.78, 5) is 27.1. The summed E-state index contributed by atoms with van der Waals surface area (Å²) < 4.78 is 0. The van der Waals surface area contributed by atoms with Crippen molar-refractivity contribution in [3.8, 4) is 0 Å². The minimum atomic E-state index is -0.0800. The lowest BCUT2D eigenvalue weighted by molar-refractivity contribution is -0.138. The molecule has 0 aromatic heterocycles. The first-order valence-electron chi connectivity index (χ1n) is 6.11. The molecular formula is C12H21BrN2O2. The molecular weight excluding hydrogens is 284 g/mol. The van der Waals surface area contributed by atoms with Crippen LogP contribution in [-0.2, 0) is 9.59 Å². The van der Waals surface area contributed by atoms with Crippen LogP contribution in [0.5, 0.6) is 0 Å². The van der Waals surface area contributed by atoms with Gasteiger partial charge in [-0.25, -0.2) is 0 Å². The molecule has 0 aliphatic carbocycles. The molecule has 0 N–H and O–H groups in total. The van der Waals surface area contributed by atoms with Gasteiger partial charge in [-0.05, 0) is 19.3 Å². The molecule has 4 nitrogen and oxygen atoms in total. The maximum atomic E-state index is 11.9. The third-order valence-corrected chi connectivity index (χ3v) is 4.26. The standard InChI is InChI=1S/C12H21BrN2O2/c1-4-10(13)12(17)15-7-5-9(6-8-15)11(16)14(2)3/h9-10H,4-8H2,1-3H3. The van der Waals surface area contributed by atoms with Gasteiger partial charge in [0.2, 0.25) is 11.8 Å². The first-order valence-corrected chi connectivity index (χ1v) is 7.03. The van der Waals surface area contributed by atoms with Gasteiger partial charge in [0.1, 0.15) is 0 Å². The van der Waals surface area contributed by atoms with E-state index >= 15 is 0 Å². The number of hydrogen-bond acceptors (Lipinski definition) is 2. The van der Waals surface area contributed by atoms with Crippen LogP contribution in [0.25, 0.3) is 0 Å². The van der Waals surface area contributed by atoms with Gasteiger partial charge in [-0.15, -0.1) is 0 Å². The van der Waals surface area contributed by atoms with Crippen LogP contribution in [0.4, 0.5) is 0 Å². The van der Waals surface area contributed by atoms with Crippen LogP contribution < -0.4 is 0 Å². The minimum absolute atomic E-state index is 0.0800. The summed E-state index contributed by atoms with van der Waals surface area (Å²) in [7, 11) is 3.57. The number of alkyl halides is 1. The van der Waals surface area contributed by atoms with Crippen LogP contribution in [-0.4, -0.2) is 53.6 Å². The number of piperidine rings is 1. The van der Waals surface area contributed by atoms with Crippen LogP contribution in [0.3, 0.4) is 0 Å². The number of rotatable bonds is 3. The van der Waals surface area contributed by atoms with E-state index < -0.39 is 0 Å². The molecule has 1 saturated heterocycles. The predicted molar refractivity (Wildman–Crippen MR) is 71.0 cm³/mol. The first-order chi connectivity index (χ1) is 7.97. The van der Waals surface area contributed by atoms with Crippen molar-refractivity contribution in [2.45, 2.75) is 31.0 Å². The van der Waals surface area contributed by atoms with Gasteiger partial charge in [-0.1, -0.05) is 22.9 Å². The fourth-order valence-electron chi connectivity index (χ4n) is 2.08. The summed E-state index contributed by atoms with van der Waals surface area (Å²) in [5.41, 5.74) is 0. The number of amides is 2. The van der Waals surface area contributed by atoms with Gasteiger partial charge >= 0.3 is 0 Å². The number of carbonyl (C=O) groups excluding carboxylic acids is 2.